The average Bonchev–Trinajstić information content (AvgIpc) is 3.25. The molecule has 0 atom stereocenters. The van der Waals surface area contributed by atoms with Gasteiger partial charge in [-0.15, -0.1) is 10.2 Å². The minimum Gasteiger partial charge on any atom is -0.356 e. The van der Waals surface area contributed by atoms with Crippen LogP contribution in [0.1, 0.15) is 37.3 Å². The first-order chi connectivity index (χ1) is 14.3. The Labute approximate surface area is 172 Å². The molecule has 0 aliphatic carbocycles. The van der Waals surface area contributed by atoms with Gasteiger partial charge in [-0.1, -0.05) is 24.6 Å². The van der Waals surface area contributed by atoms with Gasteiger partial charge in [-0.25, -0.2) is 0 Å². The van der Waals surface area contributed by atoms with E-state index >= 15 is 0 Å². The van der Waals surface area contributed by atoms with Crippen LogP contribution in [0, 0.1) is 0 Å². The van der Waals surface area contributed by atoms with Gasteiger partial charge < -0.3 is 19.8 Å². The molecule has 2 N–H and O–H groups in total. The smallest absolute Gasteiger partial charge is 0.190 e. The third-order valence-electron chi connectivity index (χ3n) is 5.60. The second-order valence-corrected chi connectivity index (χ2v) is 7.59. The first-order valence-corrected chi connectivity index (χ1v) is 10.7. The molecule has 4 rings (SSSR count). The Morgan fingerprint density at radius 2 is 1.97 bits per heavy atom. The van der Waals surface area contributed by atoms with E-state index in [2.05, 4.69) is 71.5 Å². The standard InChI is InChI=1S/C22H31N7/c1-23-22(24-13-7-15-28-17-12-18-8-4-5-9-19(18)28)25-14-11-21-27-26-20-10-3-2-6-16-29(20)21/h4-5,8-9,12,17H,2-3,6-7,10-11,13-16H2,1H3,(H2,23,24,25). The third-order valence-corrected chi connectivity index (χ3v) is 5.60. The maximum Gasteiger partial charge on any atom is 0.190 e. The predicted octanol–water partition coefficient (Wildman–Crippen LogP) is 2.76. The first kappa shape index (κ1) is 19.5. The fourth-order valence-corrected chi connectivity index (χ4v) is 4.04. The van der Waals surface area contributed by atoms with E-state index in [1.807, 2.05) is 7.05 Å². The normalized spacial score (nSPS) is 14.6. The zero-order valence-corrected chi connectivity index (χ0v) is 17.3. The summed E-state index contributed by atoms with van der Waals surface area (Å²) >= 11 is 0. The number of para-hydroxylation sites is 1. The van der Waals surface area contributed by atoms with E-state index < -0.39 is 0 Å². The SMILES string of the molecule is CN=C(NCCCn1ccc2ccccc21)NCCc1nnc2n1CCCCC2. The Morgan fingerprint density at radius 1 is 1.07 bits per heavy atom. The molecular formula is C22H31N7. The number of hydrogen-bond donors (Lipinski definition) is 2. The monoisotopic (exact) mass is 393 g/mol. The van der Waals surface area contributed by atoms with Crippen LogP contribution in [-0.2, 0) is 25.9 Å². The molecule has 0 unspecified atom stereocenters. The summed E-state index contributed by atoms with van der Waals surface area (Å²) in [5, 5.41) is 16.9. The molecule has 2 aromatic heterocycles. The Morgan fingerprint density at radius 3 is 2.90 bits per heavy atom. The number of nitrogens with one attached hydrogen (secondary N) is 2. The molecule has 0 fully saturated rings. The number of benzene rings is 1. The lowest BCUT2D eigenvalue weighted by atomic mass is 10.2. The lowest BCUT2D eigenvalue weighted by Crippen LogP contribution is -2.39. The summed E-state index contributed by atoms with van der Waals surface area (Å²) in [5.74, 6) is 3.08. The fourth-order valence-electron chi connectivity index (χ4n) is 4.04. The summed E-state index contributed by atoms with van der Waals surface area (Å²) in [4.78, 5) is 4.34. The highest BCUT2D eigenvalue weighted by Gasteiger charge is 2.14. The second-order valence-electron chi connectivity index (χ2n) is 7.59. The van der Waals surface area contributed by atoms with E-state index in [1.54, 1.807) is 0 Å². The number of fused-ring (bicyclic) bond motifs is 2. The molecule has 1 aliphatic heterocycles. The lowest BCUT2D eigenvalue weighted by Gasteiger charge is -2.13. The van der Waals surface area contributed by atoms with Crippen LogP contribution in [0.4, 0.5) is 0 Å². The Bertz CT molecular complexity index is 953. The number of aliphatic imine (C=N–C) groups is 1. The summed E-state index contributed by atoms with van der Waals surface area (Å²) in [6, 6.07) is 10.7. The molecule has 0 saturated carbocycles. The molecule has 29 heavy (non-hydrogen) atoms. The highest BCUT2D eigenvalue weighted by Crippen LogP contribution is 2.15. The quantitative estimate of drug-likeness (QED) is 0.368. The lowest BCUT2D eigenvalue weighted by molar-refractivity contribution is 0.599. The predicted molar refractivity (Wildman–Crippen MR) is 117 cm³/mol. The van der Waals surface area contributed by atoms with Crippen molar-refractivity contribution in [1.29, 1.82) is 0 Å². The highest BCUT2D eigenvalue weighted by atomic mass is 15.3. The molecule has 0 saturated heterocycles. The van der Waals surface area contributed by atoms with Crippen molar-refractivity contribution in [2.24, 2.45) is 4.99 Å². The van der Waals surface area contributed by atoms with E-state index in [4.69, 9.17) is 0 Å². The van der Waals surface area contributed by atoms with E-state index in [1.165, 1.54) is 30.2 Å². The summed E-state index contributed by atoms with van der Waals surface area (Å²) in [5.41, 5.74) is 1.29. The van der Waals surface area contributed by atoms with Crippen LogP contribution in [0.5, 0.6) is 0 Å². The third kappa shape index (κ3) is 4.78. The molecule has 0 amide bonds. The number of hydrogen-bond acceptors (Lipinski definition) is 3. The van der Waals surface area contributed by atoms with Crippen molar-refractivity contribution in [2.75, 3.05) is 20.1 Å². The van der Waals surface area contributed by atoms with Crippen LogP contribution in [-0.4, -0.2) is 45.4 Å². The van der Waals surface area contributed by atoms with Gasteiger partial charge >= 0.3 is 0 Å². The molecule has 0 bridgehead atoms. The van der Waals surface area contributed by atoms with Crippen molar-refractivity contribution in [3.63, 3.8) is 0 Å². The van der Waals surface area contributed by atoms with Gasteiger partial charge in [0.2, 0.25) is 0 Å². The highest BCUT2D eigenvalue weighted by molar-refractivity contribution is 5.80. The molecule has 7 nitrogen and oxygen atoms in total. The molecule has 3 heterocycles. The molecule has 0 spiro atoms. The average molecular weight is 394 g/mol. The van der Waals surface area contributed by atoms with Crippen molar-refractivity contribution < 1.29 is 0 Å². The summed E-state index contributed by atoms with van der Waals surface area (Å²) in [7, 11) is 1.82. The van der Waals surface area contributed by atoms with Crippen LogP contribution in [0.2, 0.25) is 0 Å². The number of rotatable bonds is 7. The van der Waals surface area contributed by atoms with Gasteiger partial charge in [0.15, 0.2) is 5.96 Å². The van der Waals surface area contributed by atoms with E-state index in [0.717, 1.165) is 63.0 Å². The van der Waals surface area contributed by atoms with E-state index in [-0.39, 0.29) is 0 Å². The molecular weight excluding hydrogens is 362 g/mol. The van der Waals surface area contributed by atoms with Crippen molar-refractivity contribution in [1.82, 2.24) is 30.0 Å². The van der Waals surface area contributed by atoms with Crippen molar-refractivity contribution in [3.05, 3.63) is 48.2 Å². The molecule has 7 heteroatoms. The van der Waals surface area contributed by atoms with Gasteiger partial charge in [0, 0.05) is 57.8 Å². The number of aromatic nitrogens is 4. The minimum absolute atomic E-state index is 0.806. The Hall–Kier alpha value is -2.83. The van der Waals surface area contributed by atoms with E-state index in [9.17, 15) is 0 Å². The Balaban J connectivity index is 1.20. The molecule has 1 aromatic carbocycles. The second kappa shape index (κ2) is 9.58. The first-order valence-electron chi connectivity index (χ1n) is 10.7. The van der Waals surface area contributed by atoms with Crippen LogP contribution in [0.3, 0.4) is 0 Å². The zero-order valence-electron chi connectivity index (χ0n) is 17.3. The maximum atomic E-state index is 4.40. The maximum absolute atomic E-state index is 4.40. The van der Waals surface area contributed by atoms with Gasteiger partial charge in [-0.05, 0) is 36.8 Å². The van der Waals surface area contributed by atoms with Crippen LogP contribution >= 0.6 is 0 Å². The van der Waals surface area contributed by atoms with Crippen LogP contribution < -0.4 is 10.6 Å². The van der Waals surface area contributed by atoms with Crippen LogP contribution in [0.15, 0.2) is 41.5 Å². The molecule has 154 valence electrons. The number of guanidine groups is 1. The summed E-state index contributed by atoms with van der Waals surface area (Å²) in [6.07, 6.45) is 8.87. The molecule has 1 aliphatic rings. The molecule has 0 radical (unpaired) electrons. The van der Waals surface area contributed by atoms with Crippen LogP contribution in [0.25, 0.3) is 10.9 Å². The van der Waals surface area contributed by atoms with Gasteiger partial charge in [-0.2, -0.15) is 0 Å². The zero-order chi connectivity index (χ0) is 19.9. The summed E-state index contributed by atoms with van der Waals surface area (Å²) in [6.45, 7) is 3.73. The fraction of sp³-hybridized carbons (Fsp3) is 0.500. The van der Waals surface area contributed by atoms with Crippen molar-refractivity contribution >= 4 is 16.9 Å². The van der Waals surface area contributed by atoms with Gasteiger partial charge in [0.25, 0.3) is 0 Å². The van der Waals surface area contributed by atoms with Gasteiger partial charge in [0.1, 0.15) is 11.6 Å². The number of nitrogens with zero attached hydrogens (tertiary/aromatic N) is 5. The minimum atomic E-state index is 0.806. The van der Waals surface area contributed by atoms with Crippen molar-refractivity contribution in [2.45, 2.75) is 51.6 Å². The summed E-state index contributed by atoms with van der Waals surface area (Å²) < 4.78 is 4.62. The Kier molecular flexibility index (Phi) is 6.44. The topological polar surface area (TPSA) is 72.1 Å². The largest absolute Gasteiger partial charge is 0.356 e. The van der Waals surface area contributed by atoms with E-state index in [0.29, 0.717) is 0 Å². The molecule has 3 aromatic rings. The van der Waals surface area contributed by atoms with Gasteiger partial charge in [0.05, 0.1) is 0 Å². The van der Waals surface area contributed by atoms with Gasteiger partial charge in [-0.3, -0.25) is 4.99 Å². The number of aryl methyl sites for hydroxylation is 2. The van der Waals surface area contributed by atoms with Crippen molar-refractivity contribution in [3.8, 4) is 0 Å².